The summed E-state index contributed by atoms with van der Waals surface area (Å²) in [5.41, 5.74) is 11.4. The second-order valence-corrected chi connectivity index (χ2v) is 18.3. The number of nitrogens with two attached hydrogens (primary N) is 1. The van der Waals surface area contributed by atoms with Crippen LogP contribution in [0.4, 0.5) is 21.0 Å². The third kappa shape index (κ3) is 15.5. The molecule has 75 heavy (non-hydrogen) atoms. The maximum atomic E-state index is 14.0. The number of H-pyrrole nitrogens is 1. The van der Waals surface area contributed by atoms with Gasteiger partial charge in [0.1, 0.15) is 30.8 Å². The number of carbonyl (C=O) groups is 7. The molecular formula is C53H62N14O8. The fourth-order valence-electron chi connectivity index (χ4n) is 8.20. The van der Waals surface area contributed by atoms with Crippen LogP contribution in [0, 0.1) is 12.8 Å². The van der Waals surface area contributed by atoms with Gasteiger partial charge in [-0.15, -0.1) is 0 Å². The minimum atomic E-state index is -1.06. The van der Waals surface area contributed by atoms with E-state index in [1.165, 1.54) is 18.5 Å². The molecule has 0 fully saturated rings. The van der Waals surface area contributed by atoms with Crippen LogP contribution in [-0.2, 0) is 41.9 Å². The number of hydrogen-bond donors (Lipinski definition) is 7. The number of benzene rings is 2. The smallest absolute Gasteiger partial charge is 0.410 e. The molecule has 1 aliphatic heterocycles. The van der Waals surface area contributed by atoms with E-state index >= 15 is 0 Å². The normalized spacial score (nSPS) is 12.9. The third-order valence-electron chi connectivity index (χ3n) is 12.2. The standard InChI is InChI=1S/C53H62N14O8/c1-34(2)47(64-44(68)17-8-5-9-28-66-45(69)24-25-46(66)70)51(72)61-41(16-11-26-56-52(54)73)50(71)60-39-21-18-36(19-22-39)32-75-53(74)65(29-27-55-38-13-6-4-7-14-38)31-42-62-48(37-20-23-43-57-33-58-67(43)30-37)49(63-42)40-15-10-12-35(3)59-40/h4,6-7,10,12-15,18-25,30,33-34,41,47,55H,5,8-9,11,16-17,26-29,31-32H2,1-3H3,(H,60,71)(H,61,72)(H,62,63)(H,64,68)(H3,54,56,73). The van der Waals surface area contributed by atoms with Crippen molar-refractivity contribution in [3.63, 3.8) is 0 Å². The van der Waals surface area contributed by atoms with Gasteiger partial charge in [0.25, 0.3) is 11.8 Å². The number of fused-ring (bicyclic) bond motifs is 1. The number of para-hydroxylation sites is 1. The van der Waals surface area contributed by atoms with E-state index in [4.69, 9.17) is 20.4 Å². The Hall–Kier alpha value is -8.95. The Bertz CT molecular complexity index is 2970. The molecule has 7 rings (SSSR count). The van der Waals surface area contributed by atoms with Crippen molar-refractivity contribution in [1.29, 1.82) is 0 Å². The molecule has 2 aromatic carbocycles. The van der Waals surface area contributed by atoms with Crippen molar-refractivity contribution in [3.05, 3.63) is 127 Å². The molecule has 22 heteroatoms. The number of rotatable bonds is 26. The van der Waals surface area contributed by atoms with E-state index in [1.807, 2.05) is 73.8 Å². The number of primary amides is 1. The quantitative estimate of drug-likeness (QED) is 0.0271. The first-order valence-electron chi connectivity index (χ1n) is 24.8. The Balaban J connectivity index is 0.977. The molecular weight excluding hydrogens is 961 g/mol. The molecule has 22 nitrogen and oxygen atoms in total. The Morgan fingerprint density at radius 3 is 2.32 bits per heavy atom. The Morgan fingerprint density at radius 2 is 1.59 bits per heavy atom. The summed E-state index contributed by atoms with van der Waals surface area (Å²) in [5, 5.41) is 18.5. The van der Waals surface area contributed by atoms with Gasteiger partial charge in [-0.05, 0) is 92.6 Å². The lowest BCUT2D eigenvalue weighted by molar-refractivity contribution is -0.137. The number of nitrogens with zero attached hydrogens (tertiary/aromatic N) is 7. The molecule has 8 amide bonds. The van der Waals surface area contributed by atoms with E-state index in [0.717, 1.165) is 21.8 Å². The van der Waals surface area contributed by atoms with Crippen LogP contribution in [0.1, 0.15) is 69.5 Å². The lowest BCUT2D eigenvalue weighted by Crippen LogP contribution is -2.54. The zero-order valence-corrected chi connectivity index (χ0v) is 42.1. The summed E-state index contributed by atoms with van der Waals surface area (Å²) >= 11 is 0. The molecule has 0 spiro atoms. The van der Waals surface area contributed by atoms with Gasteiger partial charge in [0.05, 0.1) is 23.6 Å². The van der Waals surface area contributed by atoms with E-state index in [1.54, 1.807) is 47.5 Å². The molecule has 2 unspecified atom stereocenters. The van der Waals surface area contributed by atoms with Gasteiger partial charge in [0, 0.05) is 73.6 Å². The van der Waals surface area contributed by atoms with Gasteiger partial charge < -0.3 is 42.0 Å². The average Bonchev–Trinajstić information content (AvgIpc) is 4.14. The topological polar surface area (TPSA) is 293 Å². The van der Waals surface area contributed by atoms with Crippen LogP contribution in [0.3, 0.4) is 0 Å². The number of nitrogens with one attached hydrogen (secondary N) is 6. The number of hydrogen-bond acceptors (Lipinski definition) is 13. The number of imide groups is 1. The van der Waals surface area contributed by atoms with Gasteiger partial charge in [-0.1, -0.05) is 56.7 Å². The Morgan fingerprint density at radius 1 is 0.813 bits per heavy atom. The summed E-state index contributed by atoms with van der Waals surface area (Å²) in [6.07, 6.45) is 7.28. The summed E-state index contributed by atoms with van der Waals surface area (Å²) in [4.78, 5) is 110. The molecule has 0 saturated heterocycles. The number of anilines is 2. The van der Waals surface area contributed by atoms with Crippen LogP contribution < -0.4 is 32.3 Å². The van der Waals surface area contributed by atoms with Crippen molar-refractivity contribution in [3.8, 4) is 22.6 Å². The molecule has 0 aliphatic carbocycles. The molecule has 0 bridgehead atoms. The van der Waals surface area contributed by atoms with E-state index in [0.29, 0.717) is 72.0 Å². The first-order chi connectivity index (χ1) is 36.2. The monoisotopic (exact) mass is 1020 g/mol. The first-order valence-corrected chi connectivity index (χ1v) is 24.8. The van der Waals surface area contributed by atoms with Crippen LogP contribution in [0.25, 0.3) is 28.3 Å². The Labute approximate surface area is 433 Å². The Kier molecular flexibility index (Phi) is 18.8. The van der Waals surface area contributed by atoms with E-state index in [2.05, 4.69) is 41.7 Å². The molecule has 392 valence electrons. The van der Waals surface area contributed by atoms with Crippen LogP contribution in [0.5, 0.6) is 0 Å². The van der Waals surface area contributed by atoms with E-state index < -0.39 is 36.0 Å². The van der Waals surface area contributed by atoms with Gasteiger partial charge in [-0.3, -0.25) is 38.8 Å². The molecule has 0 saturated carbocycles. The number of pyridine rings is 2. The first kappa shape index (κ1) is 53.8. The second-order valence-electron chi connectivity index (χ2n) is 18.3. The number of ether oxygens (including phenoxy) is 1. The van der Waals surface area contributed by atoms with Gasteiger partial charge in [0.2, 0.25) is 17.7 Å². The third-order valence-corrected chi connectivity index (χ3v) is 12.2. The number of aryl methyl sites for hydroxylation is 1. The van der Waals surface area contributed by atoms with Crippen molar-refractivity contribution in [1.82, 2.24) is 55.3 Å². The number of imidazole rings is 1. The van der Waals surface area contributed by atoms with Crippen molar-refractivity contribution < 1.29 is 38.3 Å². The minimum Gasteiger partial charge on any atom is -0.445 e. The summed E-state index contributed by atoms with van der Waals surface area (Å²) < 4.78 is 7.55. The summed E-state index contributed by atoms with van der Waals surface area (Å²) in [6.45, 7) is 6.49. The SMILES string of the molecule is Cc1cccc(-c2[nH]c(CN(CCNc3ccccc3)C(=O)OCc3ccc(NC(=O)C(CCCNC(N)=O)NC(=O)C(NC(=O)CCCCCN4C(=O)C=CC4=O)C(C)C)cc3)nc2-c2ccc3ncnn3c2)n1. The molecule has 6 aromatic rings. The second kappa shape index (κ2) is 26.1. The number of urea groups is 1. The minimum absolute atomic E-state index is 0.0678. The maximum absolute atomic E-state index is 14.0. The van der Waals surface area contributed by atoms with Crippen molar-refractivity contribution in [2.24, 2.45) is 11.7 Å². The number of carbonyl (C=O) groups excluding carboxylic acids is 7. The fourth-order valence-corrected chi connectivity index (χ4v) is 8.20. The van der Waals surface area contributed by atoms with Gasteiger partial charge in [0.15, 0.2) is 5.65 Å². The highest BCUT2D eigenvalue weighted by Gasteiger charge is 2.29. The molecule has 1 aliphatic rings. The number of aromatic amines is 1. The van der Waals surface area contributed by atoms with Crippen molar-refractivity contribution >= 4 is 58.7 Å². The molecule has 0 radical (unpaired) electrons. The largest absolute Gasteiger partial charge is 0.445 e. The molecule has 8 N–H and O–H groups in total. The number of aromatic nitrogens is 6. The van der Waals surface area contributed by atoms with Crippen LogP contribution in [-0.4, -0.2) is 119 Å². The molecule has 5 heterocycles. The zero-order valence-electron chi connectivity index (χ0n) is 42.1. The highest BCUT2D eigenvalue weighted by atomic mass is 16.6. The van der Waals surface area contributed by atoms with Gasteiger partial charge >= 0.3 is 12.1 Å². The predicted octanol–water partition coefficient (Wildman–Crippen LogP) is 5.24. The van der Waals surface area contributed by atoms with E-state index in [-0.39, 0.29) is 69.3 Å². The number of amides is 8. The fraction of sp³-hybridized carbons (Fsp3) is 0.340. The lowest BCUT2D eigenvalue weighted by Gasteiger charge is -2.25. The summed E-state index contributed by atoms with van der Waals surface area (Å²) in [6, 6.07) is 23.0. The summed E-state index contributed by atoms with van der Waals surface area (Å²) in [7, 11) is 0. The van der Waals surface area contributed by atoms with Crippen molar-refractivity contribution in [2.75, 3.05) is 36.8 Å². The number of unbranched alkanes of at least 4 members (excludes halogenated alkanes) is 2. The maximum Gasteiger partial charge on any atom is 0.410 e. The van der Waals surface area contributed by atoms with Crippen molar-refractivity contribution in [2.45, 2.75) is 84.5 Å². The molecule has 2 atom stereocenters. The van der Waals surface area contributed by atoms with Gasteiger partial charge in [-0.25, -0.2) is 24.1 Å². The highest BCUT2D eigenvalue weighted by molar-refractivity contribution is 6.12. The van der Waals surface area contributed by atoms with Crippen LogP contribution in [0.15, 0.2) is 110 Å². The van der Waals surface area contributed by atoms with E-state index in [9.17, 15) is 33.6 Å². The van der Waals surface area contributed by atoms with Crippen LogP contribution in [0.2, 0.25) is 0 Å². The van der Waals surface area contributed by atoms with Crippen LogP contribution >= 0.6 is 0 Å². The average molecular weight is 1020 g/mol. The predicted molar refractivity (Wildman–Crippen MR) is 279 cm³/mol. The zero-order chi connectivity index (χ0) is 53.3. The molecule has 4 aromatic heterocycles. The highest BCUT2D eigenvalue weighted by Crippen LogP contribution is 2.30. The van der Waals surface area contributed by atoms with Gasteiger partial charge in [-0.2, -0.15) is 5.10 Å². The lowest BCUT2D eigenvalue weighted by atomic mass is 10.0. The summed E-state index contributed by atoms with van der Waals surface area (Å²) in [5.74, 6) is -2.02.